The fraction of sp³-hybridized carbons (Fsp3) is 0.389. The molecule has 1 atom stereocenters. The Balaban J connectivity index is 1.79. The number of aryl methyl sites for hydroxylation is 1. The number of hydrogen-bond donors (Lipinski definition) is 0. The van der Waals surface area contributed by atoms with Crippen molar-refractivity contribution in [2.45, 2.75) is 19.3 Å². The number of rotatable bonds is 4. The van der Waals surface area contributed by atoms with Crippen LogP contribution < -0.4 is 0 Å². The predicted octanol–water partition coefficient (Wildman–Crippen LogP) is 2.97. The van der Waals surface area contributed by atoms with Crippen LogP contribution in [0.25, 0.3) is 0 Å². The van der Waals surface area contributed by atoms with E-state index in [0.717, 1.165) is 11.3 Å². The summed E-state index contributed by atoms with van der Waals surface area (Å²) in [7, 11) is 0. The van der Waals surface area contributed by atoms with Crippen molar-refractivity contribution in [2.75, 3.05) is 26.3 Å². The average molecular weight is 299 g/mol. The van der Waals surface area contributed by atoms with Crippen molar-refractivity contribution in [1.29, 1.82) is 0 Å². The third-order valence-corrected chi connectivity index (χ3v) is 4.11. The summed E-state index contributed by atoms with van der Waals surface area (Å²) in [6, 6.07) is 12.1. The number of ether oxygens (including phenoxy) is 1. The van der Waals surface area contributed by atoms with Gasteiger partial charge in [0.1, 0.15) is 5.76 Å². The molecule has 0 radical (unpaired) electrons. The van der Waals surface area contributed by atoms with Crippen LogP contribution in [-0.2, 0) is 9.53 Å². The Labute approximate surface area is 130 Å². The summed E-state index contributed by atoms with van der Waals surface area (Å²) >= 11 is 0. The second-order valence-electron chi connectivity index (χ2n) is 5.68. The van der Waals surface area contributed by atoms with Gasteiger partial charge in [-0.05, 0) is 24.6 Å². The SMILES string of the molecule is Cc1ccc([C@@H](CC(=O)N2CCOCC2)c2ccco2)cc1. The molecule has 0 spiro atoms. The molecule has 2 aromatic rings. The number of nitrogens with zero attached hydrogens (tertiary/aromatic N) is 1. The fourth-order valence-corrected chi connectivity index (χ4v) is 2.79. The van der Waals surface area contributed by atoms with Crippen LogP contribution >= 0.6 is 0 Å². The Morgan fingerprint density at radius 2 is 1.91 bits per heavy atom. The molecule has 1 saturated heterocycles. The molecule has 1 amide bonds. The number of benzene rings is 1. The van der Waals surface area contributed by atoms with Gasteiger partial charge in [-0.25, -0.2) is 0 Å². The fourth-order valence-electron chi connectivity index (χ4n) is 2.79. The monoisotopic (exact) mass is 299 g/mol. The number of amides is 1. The van der Waals surface area contributed by atoms with E-state index in [4.69, 9.17) is 9.15 Å². The van der Waals surface area contributed by atoms with Crippen LogP contribution in [0.2, 0.25) is 0 Å². The number of furan rings is 1. The normalized spacial score (nSPS) is 16.5. The molecule has 4 heteroatoms. The number of morpholine rings is 1. The molecule has 2 heterocycles. The van der Waals surface area contributed by atoms with Crippen molar-refractivity contribution in [3.05, 3.63) is 59.5 Å². The summed E-state index contributed by atoms with van der Waals surface area (Å²) in [5.41, 5.74) is 2.32. The topological polar surface area (TPSA) is 42.7 Å². The number of carbonyl (C=O) groups is 1. The highest BCUT2D eigenvalue weighted by molar-refractivity contribution is 5.77. The van der Waals surface area contributed by atoms with Gasteiger partial charge in [0, 0.05) is 19.5 Å². The predicted molar refractivity (Wildman–Crippen MR) is 83.7 cm³/mol. The van der Waals surface area contributed by atoms with E-state index >= 15 is 0 Å². The molecule has 1 aromatic heterocycles. The highest BCUT2D eigenvalue weighted by Gasteiger charge is 2.25. The molecule has 0 bridgehead atoms. The maximum atomic E-state index is 12.6. The van der Waals surface area contributed by atoms with Gasteiger partial charge in [0.25, 0.3) is 0 Å². The summed E-state index contributed by atoms with van der Waals surface area (Å²) in [5.74, 6) is 0.960. The lowest BCUT2D eigenvalue weighted by atomic mass is 9.92. The smallest absolute Gasteiger partial charge is 0.223 e. The van der Waals surface area contributed by atoms with Crippen molar-refractivity contribution < 1.29 is 13.9 Å². The lowest BCUT2D eigenvalue weighted by Gasteiger charge is -2.28. The maximum absolute atomic E-state index is 12.6. The molecule has 1 fully saturated rings. The van der Waals surface area contributed by atoms with Crippen molar-refractivity contribution in [3.8, 4) is 0 Å². The van der Waals surface area contributed by atoms with Crippen molar-refractivity contribution in [2.24, 2.45) is 0 Å². The Hall–Kier alpha value is -2.07. The average Bonchev–Trinajstić information content (AvgIpc) is 3.08. The molecule has 0 aliphatic carbocycles. The summed E-state index contributed by atoms with van der Waals surface area (Å²) in [4.78, 5) is 14.5. The van der Waals surface area contributed by atoms with Gasteiger partial charge in [-0.3, -0.25) is 4.79 Å². The first-order chi connectivity index (χ1) is 10.7. The Morgan fingerprint density at radius 1 is 1.18 bits per heavy atom. The van der Waals surface area contributed by atoms with Gasteiger partial charge < -0.3 is 14.1 Å². The highest BCUT2D eigenvalue weighted by atomic mass is 16.5. The molecule has 4 nitrogen and oxygen atoms in total. The third kappa shape index (κ3) is 3.39. The van der Waals surface area contributed by atoms with Crippen LogP contribution in [0.4, 0.5) is 0 Å². The van der Waals surface area contributed by atoms with Gasteiger partial charge in [0.15, 0.2) is 0 Å². The van der Waals surface area contributed by atoms with Gasteiger partial charge in [0.2, 0.25) is 5.91 Å². The zero-order valence-electron chi connectivity index (χ0n) is 12.8. The second kappa shape index (κ2) is 6.79. The van der Waals surface area contributed by atoms with E-state index < -0.39 is 0 Å². The van der Waals surface area contributed by atoms with E-state index in [2.05, 4.69) is 31.2 Å². The lowest BCUT2D eigenvalue weighted by Crippen LogP contribution is -2.41. The molecular formula is C18H21NO3. The van der Waals surface area contributed by atoms with Gasteiger partial charge >= 0.3 is 0 Å². The maximum Gasteiger partial charge on any atom is 0.223 e. The molecule has 1 aliphatic heterocycles. The van der Waals surface area contributed by atoms with Gasteiger partial charge in [-0.2, -0.15) is 0 Å². The van der Waals surface area contributed by atoms with E-state index in [1.807, 2.05) is 17.0 Å². The van der Waals surface area contributed by atoms with Gasteiger partial charge in [-0.1, -0.05) is 29.8 Å². The second-order valence-corrected chi connectivity index (χ2v) is 5.68. The Morgan fingerprint density at radius 3 is 2.55 bits per heavy atom. The standard InChI is InChI=1S/C18H21NO3/c1-14-4-6-15(7-5-14)16(17-3-2-10-22-17)13-18(20)19-8-11-21-12-9-19/h2-7,10,16H,8-9,11-13H2,1H3/t16-/m1/s1. The summed E-state index contributed by atoms with van der Waals surface area (Å²) < 4.78 is 10.9. The summed E-state index contributed by atoms with van der Waals surface area (Å²) in [6.07, 6.45) is 2.09. The molecule has 3 rings (SSSR count). The Bertz CT molecular complexity index is 598. The molecule has 116 valence electrons. The minimum Gasteiger partial charge on any atom is -0.469 e. The van der Waals surface area contributed by atoms with Crippen LogP contribution in [0.3, 0.4) is 0 Å². The quantitative estimate of drug-likeness (QED) is 0.871. The van der Waals surface area contributed by atoms with E-state index in [1.54, 1.807) is 6.26 Å². The van der Waals surface area contributed by atoms with Gasteiger partial charge in [-0.15, -0.1) is 0 Å². The largest absolute Gasteiger partial charge is 0.469 e. The molecule has 0 N–H and O–H groups in total. The first-order valence-electron chi connectivity index (χ1n) is 7.69. The minimum atomic E-state index is -0.0362. The molecule has 22 heavy (non-hydrogen) atoms. The van der Waals surface area contributed by atoms with E-state index in [-0.39, 0.29) is 11.8 Å². The van der Waals surface area contributed by atoms with Crippen LogP contribution in [0.15, 0.2) is 47.1 Å². The highest BCUT2D eigenvalue weighted by Crippen LogP contribution is 2.29. The molecule has 0 unspecified atom stereocenters. The first kappa shape index (κ1) is 14.9. The zero-order valence-corrected chi connectivity index (χ0v) is 12.8. The lowest BCUT2D eigenvalue weighted by molar-refractivity contribution is -0.135. The van der Waals surface area contributed by atoms with Crippen molar-refractivity contribution in [3.63, 3.8) is 0 Å². The minimum absolute atomic E-state index is 0.0362. The van der Waals surface area contributed by atoms with Crippen LogP contribution in [0.5, 0.6) is 0 Å². The molecular weight excluding hydrogens is 278 g/mol. The van der Waals surface area contributed by atoms with E-state index in [9.17, 15) is 4.79 Å². The first-order valence-corrected chi connectivity index (χ1v) is 7.69. The number of hydrogen-bond acceptors (Lipinski definition) is 3. The van der Waals surface area contributed by atoms with Crippen LogP contribution in [0.1, 0.15) is 29.2 Å². The molecule has 1 aliphatic rings. The third-order valence-electron chi connectivity index (χ3n) is 4.11. The zero-order chi connectivity index (χ0) is 15.4. The summed E-state index contributed by atoms with van der Waals surface area (Å²) in [6.45, 7) is 4.67. The van der Waals surface area contributed by atoms with E-state index in [1.165, 1.54) is 5.56 Å². The van der Waals surface area contributed by atoms with Crippen molar-refractivity contribution >= 4 is 5.91 Å². The number of carbonyl (C=O) groups excluding carboxylic acids is 1. The molecule has 0 saturated carbocycles. The van der Waals surface area contributed by atoms with Crippen LogP contribution in [0, 0.1) is 6.92 Å². The molecule has 1 aromatic carbocycles. The van der Waals surface area contributed by atoms with E-state index in [0.29, 0.717) is 32.7 Å². The van der Waals surface area contributed by atoms with Gasteiger partial charge in [0.05, 0.1) is 25.4 Å². The van der Waals surface area contributed by atoms with Crippen molar-refractivity contribution in [1.82, 2.24) is 4.90 Å². The Kier molecular flexibility index (Phi) is 4.59. The van der Waals surface area contributed by atoms with Crippen LogP contribution in [-0.4, -0.2) is 37.1 Å². The summed E-state index contributed by atoms with van der Waals surface area (Å²) in [5, 5.41) is 0.